The maximum absolute atomic E-state index is 12.4. The average Bonchev–Trinajstić information content (AvgIpc) is 3.06. The minimum atomic E-state index is -0.0695. The van der Waals surface area contributed by atoms with Crippen molar-refractivity contribution in [3.63, 3.8) is 0 Å². The number of nitrogens with zero attached hydrogens (tertiary/aromatic N) is 3. The van der Waals surface area contributed by atoms with Crippen LogP contribution in [0.25, 0.3) is 11.4 Å². The standard InChI is InChI=1S/C21H21IN4OS/c1-4-11-26-20(17-8-6-5-7-14(17)2)24-25-21(26)28-13-19(27)23-18-10-9-16(22)12-15(18)3/h4-10,12H,1,11,13H2,2-3H3,(H,23,27). The van der Waals surface area contributed by atoms with E-state index in [1.807, 2.05) is 67.0 Å². The van der Waals surface area contributed by atoms with Crippen LogP contribution in [0, 0.1) is 17.4 Å². The number of carbonyl (C=O) groups is 1. The molecular formula is C21H21IN4OS. The first-order chi connectivity index (χ1) is 13.5. The number of thioether (sulfide) groups is 1. The van der Waals surface area contributed by atoms with Gasteiger partial charge in [-0.15, -0.1) is 16.8 Å². The Kier molecular flexibility index (Phi) is 6.90. The molecule has 1 heterocycles. The topological polar surface area (TPSA) is 59.8 Å². The Bertz CT molecular complexity index is 1020. The number of rotatable bonds is 7. The molecule has 1 amide bonds. The number of anilines is 1. The van der Waals surface area contributed by atoms with Crippen molar-refractivity contribution in [2.45, 2.75) is 25.5 Å². The second kappa shape index (κ2) is 9.38. The summed E-state index contributed by atoms with van der Waals surface area (Å²) in [5.74, 6) is 0.975. The summed E-state index contributed by atoms with van der Waals surface area (Å²) < 4.78 is 3.13. The molecule has 0 spiro atoms. The summed E-state index contributed by atoms with van der Waals surface area (Å²) in [7, 11) is 0. The normalized spacial score (nSPS) is 10.7. The van der Waals surface area contributed by atoms with Gasteiger partial charge in [-0.3, -0.25) is 9.36 Å². The molecule has 0 fully saturated rings. The van der Waals surface area contributed by atoms with Gasteiger partial charge in [0, 0.05) is 21.4 Å². The zero-order chi connectivity index (χ0) is 20.1. The highest BCUT2D eigenvalue weighted by Crippen LogP contribution is 2.26. The van der Waals surface area contributed by atoms with Crippen molar-refractivity contribution in [3.05, 3.63) is 69.8 Å². The van der Waals surface area contributed by atoms with Crippen LogP contribution in [0.3, 0.4) is 0 Å². The number of amides is 1. The lowest BCUT2D eigenvalue weighted by molar-refractivity contribution is -0.113. The molecule has 0 saturated heterocycles. The van der Waals surface area contributed by atoms with Crippen LogP contribution in [0.2, 0.25) is 0 Å². The second-order valence-electron chi connectivity index (χ2n) is 6.32. The summed E-state index contributed by atoms with van der Waals surface area (Å²) >= 11 is 3.63. The van der Waals surface area contributed by atoms with Crippen molar-refractivity contribution in [1.29, 1.82) is 0 Å². The minimum Gasteiger partial charge on any atom is -0.325 e. The van der Waals surface area contributed by atoms with Crippen LogP contribution in [0.15, 0.2) is 60.3 Å². The van der Waals surface area contributed by atoms with Crippen LogP contribution in [-0.2, 0) is 11.3 Å². The fourth-order valence-corrected chi connectivity index (χ4v) is 4.19. The molecule has 0 atom stereocenters. The molecule has 3 aromatic rings. The molecule has 5 nitrogen and oxygen atoms in total. The Hall–Kier alpha value is -2.13. The quantitative estimate of drug-likeness (QED) is 0.277. The van der Waals surface area contributed by atoms with Gasteiger partial charge < -0.3 is 5.32 Å². The van der Waals surface area contributed by atoms with Gasteiger partial charge >= 0.3 is 0 Å². The number of aromatic nitrogens is 3. The molecule has 0 aliphatic heterocycles. The van der Waals surface area contributed by atoms with Crippen LogP contribution in [-0.4, -0.2) is 26.4 Å². The molecule has 0 unspecified atom stereocenters. The molecule has 3 rings (SSSR count). The third kappa shape index (κ3) is 4.82. The first-order valence-corrected chi connectivity index (χ1v) is 10.8. The molecule has 1 aromatic heterocycles. The molecule has 1 N–H and O–H groups in total. The number of carbonyl (C=O) groups excluding carboxylic acids is 1. The van der Waals surface area contributed by atoms with Gasteiger partial charge in [-0.2, -0.15) is 0 Å². The highest BCUT2D eigenvalue weighted by atomic mass is 127. The van der Waals surface area contributed by atoms with E-state index in [4.69, 9.17) is 0 Å². The van der Waals surface area contributed by atoms with Crippen molar-refractivity contribution in [2.24, 2.45) is 0 Å². The smallest absolute Gasteiger partial charge is 0.234 e. The fraction of sp³-hybridized carbons (Fsp3) is 0.190. The first kappa shape index (κ1) is 20.6. The lowest BCUT2D eigenvalue weighted by atomic mass is 10.1. The zero-order valence-electron chi connectivity index (χ0n) is 15.8. The van der Waals surface area contributed by atoms with E-state index in [2.05, 4.69) is 44.7 Å². The lowest BCUT2D eigenvalue weighted by Gasteiger charge is -2.10. The number of nitrogens with one attached hydrogen (secondary N) is 1. The van der Waals surface area contributed by atoms with Crippen LogP contribution in [0.4, 0.5) is 5.69 Å². The van der Waals surface area contributed by atoms with Gasteiger partial charge in [0.05, 0.1) is 5.75 Å². The summed E-state index contributed by atoms with van der Waals surface area (Å²) in [6.45, 7) is 8.45. The highest BCUT2D eigenvalue weighted by Gasteiger charge is 2.16. The summed E-state index contributed by atoms with van der Waals surface area (Å²) in [5.41, 5.74) is 4.03. The summed E-state index contributed by atoms with van der Waals surface area (Å²) in [5, 5.41) is 12.3. The van der Waals surface area contributed by atoms with Gasteiger partial charge in [0.15, 0.2) is 11.0 Å². The van der Waals surface area contributed by atoms with Gasteiger partial charge in [0.1, 0.15) is 0 Å². The number of hydrogen-bond donors (Lipinski definition) is 1. The predicted octanol–water partition coefficient (Wildman–Crippen LogP) is 5.08. The van der Waals surface area contributed by atoms with E-state index in [9.17, 15) is 4.79 Å². The molecular weight excluding hydrogens is 483 g/mol. The van der Waals surface area contributed by atoms with E-state index < -0.39 is 0 Å². The van der Waals surface area contributed by atoms with Crippen LogP contribution in [0.5, 0.6) is 0 Å². The van der Waals surface area contributed by atoms with Crippen molar-refractivity contribution < 1.29 is 4.79 Å². The molecule has 0 aliphatic rings. The number of benzene rings is 2. The highest BCUT2D eigenvalue weighted by molar-refractivity contribution is 14.1. The average molecular weight is 504 g/mol. The SMILES string of the molecule is C=CCn1c(SCC(=O)Nc2ccc(I)cc2C)nnc1-c1ccccc1C. The minimum absolute atomic E-state index is 0.0695. The Labute approximate surface area is 182 Å². The van der Waals surface area contributed by atoms with Gasteiger partial charge in [-0.1, -0.05) is 42.1 Å². The zero-order valence-corrected chi connectivity index (χ0v) is 18.8. The summed E-state index contributed by atoms with van der Waals surface area (Å²) in [4.78, 5) is 12.4. The van der Waals surface area contributed by atoms with Crippen molar-refractivity contribution in [2.75, 3.05) is 11.1 Å². The maximum Gasteiger partial charge on any atom is 0.234 e. The third-order valence-corrected chi connectivity index (χ3v) is 5.85. The Morgan fingerprint density at radius 3 is 2.71 bits per heavy atom. The van der Waals surface area contributed by atoms with E-state index >= 15 is 0 Å². The van der Waals surface area contributed by atoms with E-state index in [1.165, 1.54) is 11.8 Å². The van der Waals surface area contributed by atoms with Crippen LogP contribution >= 0.6 is 34.4 Å². The lowest BCUT2D eigenvalue weighted by Crippen LogP contribution is -2.15. The van der Waals surface area contributed by atoms with Crippen LogP contribution in [0.1, 0.15) is 11.1 Å². The van der Waals surface area contributed by atoms with E-state index in [0.29, 0.717) is 11.7 Å². The van der Waals surface area contributed by atoms with Gasteiger partial charge in [-0.25, -0.2) is 0 Å². The first-order valence-electron chi connectivity index (χ1n) is 8.78. The largest absolute Gasteiger partial charge is 0.325 e. The Morgan fingerprint density at radius 2 is 2.00 bits per heavy atom. The number of allylic oxidation sites excluding steroid dienone is 1. The molecule has 0 aliphatic carbocycles. The van der Waals surface area contributed by atoms with Crippen LogP contribution < -0.4 is 5.32 Å². The molecule has 0 radical (unpaired) electrons. The van der Waals surface area contributed by atoms with Gasteiger partial charge in [0.25, 0.3) is 0 Å². The number of hydrogen-bond acceptors (Lipinski definition) is 4. The van der Waals surface area contributed by atoms with Crippen molar-refractivity contribution >= 4 is 45.9 Å². The molecule has 7 heteroatoms. The Balaban J connectivity index is 1.74. The molecule has 144 valence electrons. The summed E-state index contributed by atoms with van der Waals surface area (Å²) in [6, 6.07) is 14.0. The Morgan fingerprint density at radius 1 is 1.21 bits per heavy atom. The van der Waals surface area contributed by atoms with E-state index in [-0.39, 0.29) is 11.7 Å². The maximum atomic E-state index is 12.4. The fourth-order valence-electron chi connectivity index (χ4n) is 2.80. The van der Waals surface area contributed by atoms with Gasteiger partial charge in [0.2, 0.25) is 5.91 Å². The number of halogens is 1. The van der Waals surface area contributed by atoms with Crippen molar-refractivity contribution in [3.8, 4) is 11.4 Å². The third-order valence-electron chi connectivity index (χ3n) is 4.21. The monoisotopic (exact) mass is 504 g/mol. The van der Waals surface area contributed by atoms with Gasteiger partial charge in [-0.05, 0) is 65.8 Å². The molecule has 28 heavy (non-hydrogen) atoms. The van der Waals surface area contributed by atoms with E-state index in [0.717, 1.165) is 31.8 Å². The molecule has 2 aromatic carbocycles. The molecule has 0 saturated carbocycles. The summed E-state index contributed by atoms with van der Waals surface area (Å²) in [6.07, 6.45) is 1.81. The molecule has 0 bridgehead atoms. The second-order valence-corrected chi connectivity index (χ2v) is 8.50. The predicted molar refractivity (Wildman–Crippen MR) is 124 cm³/mol. The van der Waals surface area contributed by atoms with Crippen molar-refractivity contribution in [1.82, 2.24) is 14.8 Å². The van der Waals surface area contributed by atoms with E-state index in [1.54, 1.807) is 0 Å². The number of aryl methyl sites for hydroxylation is 2.